The second kappa shape index (κ2) is 6.57. The first kappa shape index (κ1) is 16.6. The smallest absolute Gasteiger partial charge is 0.265 e. The van der Waals surface area contributed by atoms with Gasteiger partial charge in [0.2, 0.25) is 0 Å². The monoisotopic (exact) mass is 330 g/mol. The molecular formula is C16H23ClO3S. The van der Waals surface area contributed by atoms with Crippen LogP contribution in [0.3, 0.4) is 0 Å². The molecule has 0 amide bonds. The highest BCUT2D eigenvalue weighted by Crippen LogP contribution is 2.36. The first-order valence-electron chi connectivity index (χ1n) is 7.53. The van der Waals surface area contributed by atoms with Gasteiger partial charge in [-0.2, -0.15) is 0 Å². The lowest BCUT2D eigenvalue weighted by atomic mass is 9.85. The van der Waals surface area contributed by atoms with Crippen molar-refractivity contribution < 1.29 is 13.2 Å². The van der Waals surface area contributed by atoms with Gasteiger partial charge in [-0.1, -0.05) is 25.8 Å². The summed E-state index contributed by atoms with van der Waals surface area (Å²) < 4.78 is 29.7. The molecule has 1 fully saturated rings. The van der Waals surface area contributed by atoms with Crippen molar-refractivity contribution in [2.45, 2.75) is 63.9 Å². The van der Waals surface area contributed by atoms with E-state index in [1.165, 1.54) is 6.42 Å². The second-order valence-electron chi connectivity index (χ2n) is 6.03. The molecule has 0 spiro atoms. The van der Waals surface area contributed by atoms with Gasteiger partial charge in [-0.05, 0) is 56.2 Å². The summed E-state index contributed by atoms with van der Waals surface area (Å²) in [4.78, 5) is 0.0975. The van der Waals surface area contributed by atoms with Crippen molar-refractivity contribution >= 4 is 19.7 Å². The van der Waals surface area contributed by atoms with Crippen LogP contribution in [0.25, 0.3) is 0 Å². The lowest BCUT2D eigenvalue weighted by Gasteiger charge is -2.30. The topological polar surface area (TPSA) is 43.4 Å². The van der Waals surface area contributed by atoms with E-state index in [-0.39, 0.29) is 11.0 Å². The third kappa shape index (κ3) is 4.13. The van der Waals surface area contributed by atoms with Crippen molar-refractivity contribution in [2.75, 3.05) is 0 Å². The number of hydrogen-bond donors (Lipinski definition) is 0. The molecule has 1 aliphatic rings. The maximum absolute atomic E-state index is 11.8. The molecule has 2 rings (SSSR count). The van der Waals surface area contributed by atoms with Gasteiger partial charge >= 0.3 is 0 Å². The van der Waals surface area contributed by atoms with Gasteiger partial charge in [0, 0.05) is 10.7 Å². The molecular weight excluding hydrogens is 308 g/mol. The maximum atomic E-state index is 11.8. The van der Waals surface area contributed by atoms with E-state index in [0.29, 0.717) is 11.7 Å². The Hall–Kier alpha value is -0.740. The zero-order chi connectivity index (χ0) is 15.6. The number of halogens is 1. The summed E-state index contributed by atoms with van der Waals surface area (Å²) in [6, 6.07) is 3.52. The maximum Gasteiger partial charge on any atom is 0.265 e. The molecule has 118 valence electrons. The van der Waals surface area contributed by atoms with E-state index in [9.17, 15) is 8.42 Å². The van der Waals surface area contributed by atoms with Crippen LogP contribution in [0.4, 0.5) is 0 Å². The van der Waals surface area contributed by atoms with Crippen LogP contribution in [0.15, 0.2) is 17.0 Å². The predicted molar refractivity (Wildman–Crippen MR) is 85.6 cm³/mol. The predicted octanol–water partition coefficient (Wildman–Crippen LogP) is 4.58. The molecule has 1 saturated carbocycles. The summed E-state index contributed by atoms with van der Waals surface area (Å²) in [5.74, 6) is 1.10. The van der Waals surface area contributed by atoms with E-state index in [0.717, 1.165) is 36.8 Å². The second-order valence-corrected chi connectivity index (χ2v) is 8.56. The number of rotatable bonds is 4. The molecule has 2 atom stereocenters. The van der Waals surface area contributed by atoms with E-state index in [4.69, 9.17) is 15.4 Å². The summed E-state index contributed by atoms with van der Waals surface area (Å²) >= 11 is 0. The summed E-state index contributed by atoms with van der Waals surface area (Å²) in [5.41, 5.74) is 1.70. The normalized spacial score (nSPS) is 23.0. The molecule has 0 heterocycles. The standard InChI is InChI=1S/C16H23ClO3S/c1-4-13-6-5-7-14(10-13)20-16-12(3)8-11(2)9-15(16)21(17,18)19/h8-9,13-14H,4-7,10H2,1-3H3. The number of benzene rings is 1. The molecule has 0 bridgehead atoms. The summed E-state index contributed by atoms with van der Waals surface area (Å²) in [5, 5.41) is 0. The molecule has 5 heteroatoms. The Morgan fingerprint density at radius 3 is 2.62 bits per heavy atom. The Balaban J connectivity index is 2.31. The van der Waals surface area contributed by atoms with Crippen molar-refractivity contribution in [3.63, 3.8) is 0 Å². The number of aryl methyl sites for hydroxylation is 2. The van der Waals surface area contributed by atoms with Gasteiger partial charge in [0.1, 0.15) is 10.6 Å². The van der Waals surface area contributed by atoms with Crippen LogP contribution in [-0.4, -0.2) is 14.5 Å². The number of hydrogen-bond acceptors (Lipinski definition) is 3. The molecule has 0 N–H and O–H groups in total. The van der Waals surface area contributed by atoms with Gasteiger partial charge in [0.15, 0.2) is 0 Å². The van der Waals surface area contributed by atoms with Gasteiger partial charge in [-0.25, -0.2) is 8.42 Å². The van der Waals surface area contributed by atoms with E-state index in [1.54, 1.807) is 6.07 Å². The quantitative estimate of drug-likeness (QED) is 0.759. The van der Waals surface area contributed by atoms with Gasteiger partial charge in [-0.15, -0.1) is 0 Å². The van der Waals surface area contributed by atoms with Crippen LogP contribution in [0, 0.1) is 19.8 Å². The van der Waals surface area contributed by atoms with Crippen molar-refractivity contribution in [3.8, 4) is 5.75 Å². The third-order valence-corrected chi connectivity index (χ3v) is 5.57. The molecule has 3 nitrogen and oxygen atoms in total. The van der Waals surface area contributed by atoms with Crippen LogP contribution < -0.4 is 4.74 Å². The zero-order valence-electron chi connectivity index (χ0n) is 12.9. The Morgan fingerprint density at radius 1 is 1.29 bits per heavy atom. The molecule has 1 aromatic carbocycles. The van der Waals surface area contributed by atoms with Crippen molar-refractivity contribution in [2.24, 2.45) is 5.92 Å². The fourth-order valence-corrected chi connectivity index (χ4v) is 4.23. The van der Waals surface area contributed by atoms with Gasteiger partial charge in [0.05, 0.1) is 6.10 Å². The van der Waals surface area contributed by atoms with Crippen LogP contribution >= 0.6 is 10.7 Å². The van der Waals surface area contributed by atoms with Crippen molar-refractivity contribution in [1.29, 1.82) is 0 Å². The lowest BCUT2D eigenvalue weighted by molar-refractivity contribution is 0.118. The van der Waals surface area contributed by atoms with Crippen LogP contribution in [0.1, 0.15) is 50.2 Å². The Bertz CT molecular complexity index is 610. The van der Waals surface area contributed by atoms with E-state index in [1.807, 2.05) is 19.9 Å². The molecule has 0 aromatic heterocycles. The molecule has 0 radical (unpaired) electrons. The average Bonchev–Trinajstić information content (AvgIpc) is 2.40. The fourth-order valence-electron chi connectivity index (χ4n) is 3.13. The molecule has 0 aliphatic heterocycles. The minimum absolute atomic E-state index is 0.0854. The van der Waals surface area contributed by atoms with Gasteiger partial charge < -0.3 is 4.74 Å². The summed E-state index contributed by atoms with van der Waals surface area (Å²) in [7, 11) is 1.77. The highest BCUT2D eigenvalue weighted by atomic mass is 35.7. The summed E-state index contributed by atoms with van der Waals surface area (Å²) in [6.45, 7) is 5.92. The largest absolute Gasteiger partial charge is 0.489 e. The highest BCUT2D eigenvalue weighted by molar-refractivity contribution is 8.13. The Kier molecular flexibility index (Phi) is 5.20. The minimum atomic E-state index is -3.80. The van der Waals surface area contributed by atoms with Crippen LogP contribution in [-0.2, 0) is 9.05 Å². The number of ether oxygens (including phenoxy) is 1. The van der Waals surface area contributed by atoms with Crippen molar-refractivity contribution in [1.82, 2.24) is 0 Å². The molecule has 1 aliphatic carbocycles. The zero-order valence-corrected chi connectivity index (χ0v) is 14.4. The van der Waals surface area contributed by atoms with Crippen LogP contribution in [0.5, 0.6) is 5.75 Å². The Morgan fingerprint density at radius 2 is 2.00 bits per heavy atom. The molecule has 2 unspecified atom stereocenters. The molecule has 0 saturated heterocycles. The van der Waals surface area contributed by atoms with Gasteiger partial charge in [0.25, 0.3) is 9.05 Å². The average molecular weight is 331 g/mol. The van der Waals surface area contributed by atoms with E-state index < -0.39 is 9.05 Å². The van der Waals surface area contributed by atoms with Crippen molar-refractivity contribution in [3.05, 3.63) is 23.3 Å². The SMILES string of the molecule is CCC1CCCC(Oc2c(C)cc(C)cc2S(=O)(=O)Cl)C1. The van der Waals surface area contributed by atoms with E-state index in [2.05, 4.69) is 6.92 Å². The molecule has 1 aromatic rings. The Labute approximate surface area is 132 Å². The molecule has 21 heavy (non-hydrogen) atoms. The fraction of sp³-hybridized carbons (Fsp3) is 0.625. The van der Waals surface area contributed by atoms with E-state index >= 15 is 0 Å². The highest BCUT2D eigenvalue weighted by Gasteiger charge is 2.26. The van der Waals surface area contributed by atoms with Gasteiger partial charge in [-0.3, -0.25) is 0 Å². The first-order chi connectivity index (χ1) is 9.81. The van der Waals surface area contributed by atoms with Crippen LogP contribution in [0.2, 0.25) is 0 Å². The minimum Gasteiger partial charge on any atom is -0.489 e. The first-order valence-corrected chi connectivity index (χ1v) is 9.84. The lowest BCUT2D eigenvalue weighted by Crippen LogP contribution is -2.26. The summed E-state index contributed by atoms with van der Waals surface area (Å²) in [6.07, 6.45) is 5.58. The third-order valence-electron chi connectivity index (χ3n) is 4.24.